The van der Waals surface area contributed by atoms with Gasteiger partial charge < -0.3 is 10.6 Å². The Morgan fingerprint density at radius 1 is 0.576 bits per heavy atom. The van der Waals surface area contributed by atoms with Crippen LogP contribution in [0.5, 0.6) is 0 Å². The number of hydroxylamine groups is 2. The van der Waals surface area contributed by atoms with E-state index in [1.807, 2.05) is 0 Å². The summed E-state index contributed by atoms with van der Waals surface area (Å²) in [5.41, 5.74) is 5.05. The lowest BCUT2D eigenvalue weighted by Gasteiger charge is -2.56. The summed E-state index contributed by atoms with van der Waals surface area (Å²) in [5.74, 6) is 4.76. The molecule has 0 aliphatic heterocycles. The fourth-order valence-corrected chi connectivity index (χ4v) is 9.50. The smallest absolute Gasteiger partial charge is 0.331 e. The van der Waals surface area contributed by atoms with Crippen molar-refractivity contribution in [3.63, 3.8) is 0 Å². The van der Waals surface area contributed by atoms with Gasteiger partial charge in [-0.2, -0.15) is 0 Å². The van der Waals surface area contributed by atoms with E-state index in [0.29, 0.717) is 19.6 Å². The highest BCUT2D eigenvalue weighted by molar-refractivity contribution is 5.74. The fraction of sp³-hybridized carbons (Fsp3) is 0.920. The molecule has 8 fully saturated rings. The molecule has 184 valence electrons. The summed E-state index contributed by atoms with van der Waals surface area (Å²) < 4.78 is 0. The van der Waals surface area contributed by atoms with E-state index in [-0.39, 0.29) is 23.1 Å². The SMILES string of the molecule is O=C(NOCCCONC(=O)NC12CC3CC(CC(C3)C1)C2)NC12CC3CC(CC(C3)C1)C2. The molecule has 8 aliphatic carbocycles. The van der Waals surface area contributed by atoms with Crippen LogP contribution >= 0.6 is 0 Å². The highest BCUT2D eigenvalue weighted by atomic mass is 16.7. The van der Waals surface area contributed by atoms with Crippen LogP contribution in [0.4, 0.5) is 9.59 Å². The molecule has 0 saturated heterocycles. The molecule has 4 N–H and O–H groups in total. The van der Waals surface area contributed by atoms with Crippen molar-refractivity contribution >= 4 is 12.1 Å². The number of nitrogens with one attached hydrogen (secondary N) is 4. The normalized spacial score (nSPS) is 44.0. The van der Waals surface area contributed by atoms with Gasteiger partial charge in [0.15, 0.2) is 0 Å². The molecule has 0 aromatic rings. The quantitative estimate of drug-likeness (QED) is 0.327. The lowest BCUT2D eigenvalue weighted by atomic mass is 9.53. The highest BCUT2D eigenvalue weighted by Crippen LogP contribution is 2.56. The number of carbonyl (C=O) groups excluding carboxylic acids is 2. The summed E-state index contributed by atoms with van der Waals surface area (Å²) >= 11 is 0. The second-order valence-electron chi connectivity index (χ2n) is 12.6. The number of urea groups is 2. The predicted molar refractivity (Wildman–Crippen MR) is 122 cm³/mol. The van der Waals surface area contributed by atoms with Crippen molar-refractivity contribution in [2.75, 3.05) is 13.2 Å². The Morgan fingerprint density at radius 2 is 0.879 bits per heavy atom. The fourth-order valence-electron chi connectivity index (χ4n) is 9.50. The lowest BCUT2D eigenvalue weighted by molar-refractivity contribution is -0.0228. The Bertz CT molecular complexity index is 639. The van der Waals surface area contributed by atoms with Gasteiger partial charge in [-0.25, -0.2) is 20.5 Å². The minimum absolute atomic E-state index is 0.0146. The van der Waals surface area contributed by atoms with Crippen molar-refractivity contribution in [3.05, 3.63) is 0 Å². The van der Waals surface area contributed by atoms with Crippen LogP contribution in [-0.4, -0.2) is 36.4 Å². The maximum atomic E-state index is 12.4. The third-order valence-electron chi connectivity index (χ3n) is 9.66. The van der Waals surface area contributed by atoms with E-state index in [1.165, 1.54) is 38.5 Å². The molecule has 8 heteroatoms. The van der Waals surface area contributed by atoms with Crippen LogP contribution in [0.1, 0.15) is 83.5 Å². The van der Waals surface area contributed by atoms with Crippen LogP contribution in [0.3, 0.4) is 0 Å². The molecule has 0 atom stereocenters. The second-order valence-corrected chi connectivity index (χ2v) is 12.6. The van der Waals surface area contributed by atoms with E-state index in [4.69, 9.17) is 9.68 Å². The van der Waals surface area contributed by atoms with E-state index in [1.54, 1.807) is 0 Å². The van der Waals surface area contributed by atoms with Gasteiger partial charge in [0.2, 0.25) is 0 Å². The summed E-state index contributed by atoms with van der Waals surface area (Å²) in [6.45, 7) is 0.680. The Balaban J connectivity index is 0.839. The van der Waals surface area contributed by atoms with Crippen LogP contribution in [-0.2, 0) is 9.68 Å². The van der Waals surface area contributed by atoms with E-state index in [0.717, 1.165) is 74.0 Å². The molecule has 0 radical (unpaired) electrons. The zero-order valence-electron chi connectivity index (χ0n) is 19.7. The average molecular weight is 461 g/mol. The van der Waals surface area contributed by atoms with Gasteiger partial charge in [-0.05, 0) is 119 Å². The second kappa shape index (κ2) is 8.59. The first-order valence-electron chi connectivity index (χ1n) is 13.4. The van der Waals surface area contributed by atoms with Crippen molar-refractivity contribution in [2.24, 2.45) is 35.5 Å². The Morgan fingerprint density at radius 3 is 1.18 bits per heavy atom. The zero-order valence-corrected chi connectivity index (χ0v) is 19.7. The van der Waals surface area contributed by atoms with Gasteiger partial charge in [0.05, 0.1) is 13.2 Å². The molecule has 8 rings (SSSR count). The molecule has 0 aromatic heterocycles. The summed E-state index contributed by atoms with van der Waals surface area (Å²) in [6, 6.07) is -0.461. The van der Waals surface area contributed by atoms with Gasteiger partial charge in [0.1, 0.15) is 0 Å². The Kier molecular flexibility index (Phi) is 5.72. The first-order valence-corrected chi connectivity index (χ1v) is 13.4. The van der Waals surface area contributed by atoms with Gasteiger partial charge in [-0.3, -0.25) is 9.68 Å². The number of hydrogen-bond acceptors (Lipinski definition) is 4. The van der Waals surface area contributed by atoms with Crippen LogP contribution in [0.25, 0.3) is 0 Å². The van der Waals surface area contributed by atoms with Crippen LogP contribution in [0.2, 0.25) is 0 Å². The third kappa shape index (κ3) is 4.70. The topological polar surface area (TPSA) is 101 Å². The first kappa shape index (κ1) is 22.0. The number of rotatable bonds is 8. The van der Waals surface area contributed by atoms with Crippen molar-refractivity contribution in [1.82, 2.24) is 21.6 Å². The van der Waals surface area contributed by atoms with Crippen LogP contribution in [0, 0.1) is 35.5 Å². The van der Waals surface area contributed by atoms with E-state index >= 15 is 0 Å². The molecule has 8 nitrogen and oxygen atoms in total. The van der Waals surface area contributed by atoms with Crippen LogP contribution < -0.4 is 21.6 Å². The molecule has 8 aliphatic rings. The Labute approximate surface area is 196 Å². The zero-order chi connectivity index (χ0) is 22.5. The average Bonchev–Trinajstić information content (AvgIpc) is 2.70. The summed E-state index contributed by atoms with van der Waals surface area (Å²) in [5, 5.41) is 6.46. The number of hydrogen-bond donors (Lipinski definition) is 4. The largest absolute Gasteiger partial charge is 0.339 e. The minimum atomic E-state index is -0.231. The summed E-state index contributed by atoms with van der Waals surface area (Å²) in [4.78, 5) is 35.4. The highest BCUT2D eigenvalue weighted by Gasteiger charge is 2.52. The molecule has 33 heavy (non-hydrogen) atoms. The van der Waals surface area contributed by atoms with Gasteiger partial charge >= 0.3 is 12.1 Å². The molecule has 0 spiro atoms. The van der Waals surface area contributed by atoms with Crippen molar-refractivity contribution in [1.29, 1.82) is 0 Å². The predicted octanol–water partition coefficient (Wildman–Crippen LogP) is 3.78. The molecule has 0 unspecified atom stereocenters. The Hall–Kier alpha value is -1.54. The third-order valence-corrected chi connectivity index (χ3v) is 9.66. The van der Waals surface area contributed by atoms with Gasteiger partial charge in [0, 0.05) is 11.1 Å². The number of carbonyl (C=O) groups is 2. The molecular formula is C25H40N4O4. The lowest BCUT2D eigenvalue weighted by Crippen LogP contribution is -2.61. The molecular weight excluding hydrogens is 420 g/mol. The maximum absolute atomic E-state index is 12.4. The summed E-state index contributed by atoms with van der Waals surface area (Å²) in [6.07, 6.45) is 15.4. The minimum Gasteiger partial charge on any atom is -0.331 e. The molecule has 0 heterocycles. The van der Waals surface area contributed by atoms with Gasteiger partial charge in [0.25, 0.3) is 0 Å². The molecule has 8 bridgehead atoms. The van der Waals surface area contributed by atoms with Gasteiger partial charge in [-0.1, -0.05) is 0 Å². The van der Waals surface area contributed by atoms with Crippen LogP contribution in [0.15, 0.2) is 0 Å². The molecule has 0 aromatic carbocycles. The van der Waals surface area contributed by atoms with Crippen molar-refractivity contribution in [3.8, 4) is 0 Å². The van der Waals surface area contributed by atoms with E-state index in [9.17, 15) is 9.59 Å². The molecule has 4 amide bonds. The van der Waals surface area contributed by atoms with Crippen molar-refractivity contribution < 1.29 is 19.3 Å². The van der Waals surface area contributed by atoms with E-state index < -0.39 is 0 Å². The van der Waals surface area contributed by atoms with Gasteiger partial charge in [-0.15, -0.1) is 0 Å². The monoisotopic (exact) mass is 460 g/mol. The molecule has 8 saturated carbocycles. The maximum Gasteiger partial charge on any atom is 0.339 e. The number of amides is 4. The first-order chi connectivity index (χ1) is 16.0. The van der Waals surface area contributed by atoms with Crippen molar-refractivity contribution in [2.45, 2.75) is 94.5 Å². The summed E-state index contributed by atoms with van der Waals surface area (Å²) in [7, 11) is 0. The van der Waals surface area contributed by atoms with E-state index in [2.05, 4.69) is 21.6 Å². The standard InChI is InChI=1S/C25H40N4O4/c30-22(26-24-10-16-4-17(11-24)6-18(5-16)12-24)28-32-2-1-3-33-29-23(31)27-25-13-19-7-20(14-25)9-21(8-19)15-25/h16-21H,1-15H2,(H2,26,28,30)(H2,27,29,31).